The van der Waals surface area contributed by atoms with Crippen molar-refractivity contribution in [3.63, 3.8) is 0 Å². The Kier molecular flexibility index (Phi) is 12.4. The Balaban J connectivity index is 0.00000225. The molecule has 30 heavy (non-hydrogen) atoms. The lowest BCUT2D eigenvalue weighted by molar-refractivity contribution is -0.927. The lowest BCUT2D eigenvalue weighted by Gasteiger charge is -2.44. The van der Waals surface area contributed by atoms with E-state index in [1.165, 1.54) is 45.1 Å². The minimum atomic E-state index is 0. The normalized spacial score (nSPS) is 27.4. The van der Waals surface area contributed by atoms with Crippen LogP contribution in [0, 0.1) is 0 Å². The highest BCUT2D eigenvalue weighted by Crippen LogP contribution is 2.22. The summed E-state index contributed by atoms with van der Waals surface area (Å²) in [6, 6.07) is 0.683. The van der Waals surface area contributed by atoms with E-state index >= 15 is 0 Å². The molecule has 176 valence electrons. The van der Waals surface area contributed by atoms with E-state index in [1.807, 2.05) is 9.80 Å². The fourth-order valence-electron chi connectivity index (χ4n) is 5.42. The number of quaternary nitrogens is 2. The molecule has 3 aliphatic heterocycles. The van der Waals surface area contributed by atoms with Crippen molar-refractivity contribution >= 4 is 11.8 Å². The molecule has 0 aromatic carbocycles. The van der Waals surface area contributed by atoms with Crippen molar-refractivity contribution in [2.45, 2.75) is 70.4 Å². The van der Waals surface area contributed by atoms with Gasteiger partial charge in [-0.3, -0.25) is 9.59 Å². The zero-order valence-electron chi connectivity index (χ0n) is 19.2. The average Bonchev–Trinajstić information content (AvgIpc) is 2.72. The van der Waals surface area contributed by atoms with Crippen LogP contribution in [-0.2, 0) is 9.59 Å². The number of nitrogens with one attached hydrogen (secondary N) is 1. The Morgan fingerprint density at radius 1 is 0.967 bits per heavy atom. The van der Waals surface area contributed by atoms with E-state index in [2.05, 4.69) is 21.0 Å². The lowest BCUT2D eigenvalue weighted by Crippen LogP contribution is -3.13. The van der Waals surface area contributed by atoms with Crippen molar-refractivity contribution in [2.24, 2.45) is 0 Å². The SMILES string of the molecule is CC(C(=O)N1CCN(C(=O)CCC2CCCC[NH+]2C)CC1)[N+]1(C)CCCCC1.[I-].[I-]. The molecule has 6 nitrogen and oxygen atoms in total. The number of likely N-dealkylation sites (tertiary alicyclic amines) is 2. The molecule has 0 spiro atoms. The van der Waals surface area contributed by atoms with Crippen LogP contribution >= 0.6 is 0 Å². The van der Waals surface area contributed by atoms with Gasteiger partial charge in [0.15, 0.2) is 6.04 Å². The van der Waals surface area contributed by atoms with Gasteiger partial charge in [0.05, 0.1) is 39.8 Å². The van der Waals surface area contributed by atoms with Crippen molar-refractivity contribution in [2.75, 3.05) is 59.9 Å². The van der Waals surface area contributed by atoms with Crippen LogP contribution in [0.5, 0.6) is 0 Å². The Morgan fingerprint density at radius 3 is 2.17 bits per heavy atom. The van der Waals surface area contributed by atoms with E-state index in [9.17, 15) is 9.59 Å². The lowest BCUT2D eigenvalue weighted by atomic mass is 9.98. The van der Waals surface area contributed by atoms with Crippen LogP contribution in [0.3, 0.4) is 0 Å². The van der Waals surface area contributed by atoms with E-state index in [0.717, 1.165) is 24.0 Å². The second-order valence-electron chi connectivity index (χ2n) is 9.70. The molecule has 1 N–H and O–H groups in total. The molecule has 3 fully saturated rings. The van der Waals surface area contributed by atoms with Crippen molar-refractivity contribution in [1.82, 2.24) is 9.80 Å². The third-order valence-corrected chi connectivity index (χ3v) is 7.85. The smallest absolute Gasteiger partial charge is 0.280 e. The Labute approximate surface area is 217 Å². The quantitative estimate of drug-likeness (QED) is 0.239. The summed E-state index contributed by atoms with van der Waals surface area (Å²) < 4.78 is 0.884. The fourth-order valence-corrected chi connectivity index (χ4v) is 5.42. The predicted octanol–water partition coefficient (Wildman–Crippen LogP) is -5.47. The highest BCUT2D eigenvalue weighted by Gasteiger charge is 2.39. The zero-order valence-corrected chi connectivity index (χ0v) is 23.5. The first-order chi connectivity index (χ1) is 13.4. The number of piperidine rings is 2. The van der Waals surface area contributed by atoms with Gasteiger partial charge in [-0.25, -0.2) is 0 Å². The number of piperazine rings is 1. The molecule has 0 aliphatic carbocycles. The van der Waals surface area contributed by atoms with Gasteiger partial charge >= 0.3 is 0 Å². The Hall–Kier alpha value is 0.320. The molecule has 3 aliphatic rings. The summed E-state index contributed by atoms with van der Waals surface area (Å²) in [6.07, 6.45) is 9.33. The van der Waals surface area contributed by atoms with Crippen LogP contribution in [0.15, 0.2) is 0 Å². The van der Waals surface area contributed by atoms with Gasteiger partial charge < -0.3 is 67.1 Å². The number of halogens is 2. The molecule has 3 atom stereocenters. The average molecular weight is 648 g/mol. The molecule has 0 bridgehead atoms. The van der Waals surface area contributed by atoms with Gasteiger partial charge in [-0.1, -0.05) is 0 Å². The number of nitrogens with zero attached hydrogens (tertiary/aromatic N) is 3. The number of carbonyl (C=O) groups is 2. The summed E-state index contributed by atoms with van der Waals surface area (Å²) in [7, 11) is 4.51. The van der Waals surface area contributed by atoms with Gasteiger partial charge in [-0.2, -0.15) is 0 Å². The molecule has 0 radical (unpaired) electrons. The van der Waals surface area contributed by atoms with Gasteiger partial charge in [0, 0.05) is 39.0 Å². The van der Waals surface area contributed by atoms with E-state index < -0.39 is 0 Å². The Bertz CT molecular complexity index is 549. The summed E-state index contributed by atoms with van der Waals surface area (Å²) in [5, 5.41) is 0. The summed E-state index contributed by atoms with van der Waals surface area (Å²) in [5.41, 5.74) is 0. The van der Waals surface area contributed by atoms with Crippen LogP contribution in [0.2, 0.25) is 0 Å². The van der Waals surface area contributed by atoms with Crippen LogP contribution in [0.25, 0.3) is 0 Å². The summed E-state index contributed by atoms with van der Waals surface area (Å²) >= 11 is 0. The highest BCUT2D eigenvalue weighted by molar-refractivity contribution is 5.81. The van der Waals surface area contributed by atoms with E-state index in [4.69, 9.17) is 0 Å². The zero-order chi connectivity index (χ0) is 20.1. The third kappa shape index (κ3) is 7.16. The maximum atomic E-state index is 13.1. The third-order valence-electron chi connectivity index (χ3n) is 7.85. The van der Waals surface area contributed by atoms with Gasteiger partial charge in [-0.05, 0) is 45.4 Å². The van der Waals surface area contributed by atoms with Crippen molar-refractivity contribution < 1.29 is 66.9 Å². The van der Waals surface area contributed by atoms with E-state index in [0.29, 0.717) is 38.6 Å². The number of rotatable bonds is 5. The molecule has 0 aromatic heterocycles. The molecular formula is C22H42I2N4O2. The molecule has 2 amide bonds. The predicted molar refractivity (Wildman–Crippen MR) is 111 cm³/mol. The molecule has 0 saturated carbocycles. The minimum absolute atomic E-state index is 0. The molecular weight excluding hydrogens is 606 g/mol. The molecule has 3 unspecified atom stereocenters. The number of likely N-dealkylation sites (N-methyl/N-ethyl adjacent to an activating group) is 1. The number of hydrogen-bond acceptors (Lipinski definition) is 2. The van der Waals surface area contributed by atoms with Crippen molar-refractivity contribution in [1.29, 1.82) is 0 Å². The van der Waals surface area contributed by atoms with E-state index in [1.54, 1.807) is 4.90 Å². The monoisotopic (exact) mass is 648 g/mol. The maximum Gasteiger partial charge on any atom is 0.280 e. The number of carbonyl (C=O) groups excluding carboxylic acids is 2. The van der Waals surface area contributed by atoms with Crippen molar-refractivity contribution in [3.05, 3.63) is 0 Å². The van der Waals surface area contributed by atoms with Crippen molar-refractivity contribution in [3.8, 4) is 0 Å². The summed E-state index contributed by atoms with van der Waals surface area (Å²) in [5.74, 6) is 0.567. The molecule has 0 aromatic rings. The molecule has 3 heterocycles. The first-order valence-corrected chi connectivity index (χ1v) is 11.6. The maximum absolute atomic E-state index is 13.1. The molecule has 3 saturated heterocycles. The molecule has 3 rings (SSSR count). The Morgan fingerprint density at radius 2 is 1.57 bits per heavy atom. The van der Waals surface area contributed by atoms with Crippen LogP contribution in [0.1, 0.15) is 58.3 Å². The topological polar surface area (TPSA) is 45.1 Å². The first-order valence-electron chi connectivity index (χ1n) is 11.6. The van der Waals surface area contributed by atoms with Gasteiger partial charge in [0.2, 0.25) is 5.91 Å². The molecule has 8 heteroatoms. The van der Waals surface area contributed by atoms with Gasteiger partial charge in [-0.15, -0.1) is 0 Å². The number of hydrogen-bond donors (Lipinski definition) is 1. The second kappa shape index (κ2) is 13.1. The first kappa shape index (κ1) is 28.4. The second-order valence-corrected chi connectivity index (χ2v) is 9.70. The highest BCUT2D eigenvalue weighted by atomic mass is 127. The summed E-state index contributed by atoms with van der Waals surface area (Å²) in [4.78, 5) is 31.3. The summed E-state index contributed by atoms with van der Waals surface area (Å²) in [6.45, 7) is 8.38. The number of amides is 2. The van der Waals surface area contributed by atoms with E-state index in [-0.39, 0.29) is 65.8 Å². The largest absolute Gasteiger partial charge is 1.00 e. The minimum Gasteiger partial charge on any atom is -1.00 e. The van der Waals surface area contributed by atoms with Gasteiger partial charge in [0.1, 0.15) is 0 Å². The van der Waals surface area contributed by atoms with Crippen LogP contribution in [-0.4, -0.2) is 98.1 Å². The van der Waals surface area contributed by atoms with Crippen LogP contribution in [0.4, 0.5) is 0 Å². The van der Waals surface area contributed by atoms with Gasteiger partial charge in [0.25, 0.3) is 5.91 Å². The standard InChI is InChI=1S/C22H41N4O2.2HI/c1-19(26(3)17-7-4-8-18-26)22(28)25-15-13-24(14-16-25)21(27)11-10-20-9-5-6-12-23(20)2;;/h19-20H,4-18H2,1-3H3;2*1H/q+1;;/p-1. The van der Waals surface area contributed by atoms with Crippen LogP contribution < -0.4 is 52.9 Å². The fraction of sp³-hybridized carbons (Fsp3) is 0.909.